The van der Waals surface area contributed by atoms with E-state index in [1.807, 2.05) is 0 Å². The minimum absolute atomic E-state index is 0.0129. The minimum atomic E-state index is -0.519. The number of anilines is 3. The van der Waals surface area contributed by atoms with E-state index in [1.165, 1.54) is 34.1 Å². The number of nitrogens with one attached hydrogen (secondary N) is 2. The minimum Gasteiger partial charge on any atom is -0.376 e. The zero-order valence-corrected chi connectivity index (χ0v) is 16.8. The molecule has 31 heavy (non-hydrogen) atoms. The lowest BCUT2D eigenvalue weighted by Crippen LogP contribution is -2.52. The lowest BCUT2D eigenvalue weighted by Gasteiger charge is -2.35. The Morgan fingerprint density at radius 2 is 1.84 bits per heavy atom. The summed E-state index contributed by atoms with van der Waals surface area (Å²) >= 11 is 0. The number of ether oxygens (including phenoxy) is 1. The molecule has 1 fully saturated rings. The summed E-state index contributed by atoms with van der Waals surface area (Å²) in [6.07, 6.45) is 1.90. The van der Waals surface area contributed by atoms with E-state index in [1.54, 1.807) is 24.3 Å². The van der Waals surface area contributed by atoms with Gasteiger partial charge in [-0.2, -0.15) is 0 Å². The number of para-hydroxylation sites is 2. The lowest BCUT2D eigenvalue weighted by molar-refractivity contribution is -0.123. The van der Waals surface area contributed by atoms with Crippen molar-refractivity contribution in [1.82, 2.24) is 5.32 Å². The first-order valence-corrected chi connectivity index (χ1v) is 10.1. The Bertz CT molecular complexity index is 976. The highest BCUT2D eigenvalue weighted by atomic mass is 19.1. The van der Waals surface area contributed by atoms with Gasteiger partial charge in [-0.15, -0.1) is 0 Å². The van der Waals surface area contributed by atoms with Crippen LogP contribution in [0.4, 0.5) is 26.2 Å². The molecular weight excluding hydrogens is 403 g/mol. The molecule has 4 amide bonds. The van der Waals surface area contributed by atoms with E-state index in [9.17, 15) is 18.8 Å². The van der Waals surface area contributed by atoms with E-state index in [2.05, 4.69) is 10.6 Å². The van der Waals surface area contributed by atoms with Gasteiger partial charge in [0.1, 0.15) is 18.9 Å². The highest BCUT2D eigenvalue weighted by Crippen LogP contribution is 2.33. The van der Waals surface area contributed by atoms with Crippen LogP contribution >= 0.6 is 0 Å². The molecule has 2 heterocycles. The Kier molecular flexibility index (Phi) is 6.13. The topological polar surface area (TPSA) is 91.0 Å². The number of halogens is 1. The smallest absolute Gasteiger partial charge is 0.326 e. The fraction of sp³-hybridized carbons (Fsp3) is 0.318. The molecule has 0 radical (unpaired) electrons. The van der Waals surface area contributed by atoms with Crippen LogP contribution in [0.15, 0.2) is 48.5 Å². The molecule has 1 saturated heterocycles. The van der Waals surface area contributed by atoms with Gasteiger partial charge in [0, 0.05) is 18.8 Å². The standard InChI is InChI=1S/C22H23FN4O4/c23-15-7-9-16(10-8-15)25-22(30)27-14-21(29)26(18-5-1-2-6-19(18)27)13-20(28)24-12-17-4-3-11-31-17/h1-2,5-10,17H,3-4,11-14H2,(H,24,28)(H,25,30). The highest BCUT2D eigenvalue weighted by Gasteiger charge is 2.33. The van der Waals surface area contributed by atoms with Gasteiger partial charge in [0.15, 0.2) is 0 Å². The van der Waals surface area contributed by atoms with Gasteiger partial charge in [-0.05, 0) is 49.2 Å². The highest BCUT2D eigenvalue weighted by molar-refractivity contribution is 6.14. The molecule has 0 saturated carbocycles. The number of hydrogen-bond donors (Lipinski definition) is 2. The number of rotatable bonds is 5. The Morgan fingerprint density at radius 1 is 1.10 bits per heavy atom. The SMILES string of the molecule is O=C(CN1C(=O)CN(C(=O)Nc2ccc(F)cc2)c2ccccc21)NCC1CCCO1. The van der Waals surface area contributed by atoms with Crippen LogP contribution in [0.3, 0.4) is 0 Å². The molecule has 1 unspecified atom stereocenters. The van der Waals surface area contributed by atoms with Gasteiger partial charge in [0.2, 0.25) is 11.8 Å². The van der Waals surface area contributed by atoms with Gasteiger partial charge < -0.3 is 15.4 Å². The molecule has 2 aliphatic rings. The molecule has 0 aliphatic carbocycles. The summed E-state index contributed by atoms with van der Waals surface area (Å²) in [4.78, 5) is 40.7. The number of amides is 4. The van der Waals surface area contributed by atoms with Gasteiger partial charge in [0.25, 0.3) is 0 Å². The number of nitrogens with zero attached hydrogens (tertiary/aromatic N) is 2. The molecule has 1 atom stereocenters. The normalized spacial score (nSPS) is 18.0. The number of carbonyl (C=O) groups excluding carboxylic acids is 3. The zero-order valence-electron chi connectivity index (χ0n) is 16.8. The molecule has 2 aliphatic heterocycles. The summed E-state index contributed by atoms with van der Waals surface area (Å²) in [5, 5.41) is 5.48. The molecule has 0 spiro atoms. The maximum absolute atomic E-state index is 13.1. The second-order valence-corrected chi connectivity index (χ2v) is 7.43. The molecule has 162 valence electrons. The first-order chi connectivity index (χ1) is 15.0. The van der Waals surface area contributed by atoms with Crippen LogP contribution in [0.5, 0.6) is 0 Å². The zero-order chi connectivity index (χ0) is 21.8. The fourth-order valence-electron chi connectivity index (χ4n) is 3.67. The number of carbonyl (C=O) groups is 3. The molecule has 2 aromatic carbocycles. The van der Waals surface area contributed by atoms with Crippen LogP contribution in [-0.2, 0) is 14.3 Å². The molecule has 2 aromatic rings. The van der Waals surface area contributed by atoms with Crippen molar-refractivity contribution in [3.05, 3.63) is 54.3 Å². The van der Waals surface area contributed by atoms with Crippen LogP contribution in [0, 0.1) is 5.82 Å². The summed E-state index contributed by atoms with van der Waals surface area (Å²) in [6.45, 7) is 0.752. The van der Waals surface area contributed by atoms with E-state index in [-0.39, 0.29) is 31.0 Å². The largest absolute Gasteiger partial charge is 0.376 e. The molecule has 9 heteroatoms. The van der Waals surface area contributed by atoms with Crippen molar-refractivity contribution in [2.45, 2.75) is 18.9 Å². The summed E-state index contributed by atoms with van der Waals surface area (Å²) < 4.78 is 18.6. The second kappa shape index (κ2) is 9.13. The maximum Gasteiger partial charge on any atom is 0.326 e. The van der Waals surface area contributed by atoms with Crippen molar-refractivity contribution >= 4 is 34.9 Å². The van der Waals surface area contributed by atoms with E-state index < -0.39 is 11.8 Å². The monoisotopic (exact) mass is 426 g/mol. The van der Waals surface area contributed by atoms with Crippen molar-refractivity contribution in [3.8, 4) is 0 Å². The van der Waals surface area contributed by atoms with Crippen LogP contribution < -0.4 is 20.4 Å². The number of hydrogen-bond acceptors (Lipinski definition) is 4. The van der Waals surface area contributed by atoms with Crippen molar-refractivity contribution in [1.29, 1.82) is 0 Å². The van der Waals surface area contributed by atoms with Gasteiger partial charge in [-0.3, -0.25) is 19.4 Å². The van der Waals surface area contributed by atoms with E-state index in [0.29, 0.717) is 30.2 Å². The summed E-state index contributed by atoms with van der Waals surface area (Å²) in [6, 6.07) is 11.7. The molecule has 0 aromatic heterocycles. The van der Waals surface area contributed by atoms with E-state index in [4.69, 9.17) is 4.74 Å². The molecule has 8 nitrogen and oxygen atoms in total. The van der Waals surface area contributed by atoms with Crippen molar-refractivity contribution in [3.63, 3.8) is 0 Å². The Balaban J connectivity index is 1.46. The number of urea groups is 1. The van der Waals surface area contributed by atoms with Crippen LogP contribution in [0.25, 0.3) is 0 Å². The second-order valence-electron chi connectivity index (χ2n) is 7.43. The summed E-state index contributed by atoms with van der Waals surface area (Å²) in [5.41, 5.74) is 1.39. The Hall–Kier alpha value is -3.46. The van der Waals surface area contributed by atoms with Gasteiger partial charge >= 0.3 is 6.03 Å². The Morgan fingerprint density at radius 3 is 2.55 bits per heavy atom. The van der Waals surface area contributed by atoms with Crippen LogP contribution in [-0.4, -0.2) is 50.2 Å². The first kappa shape index (κ1) is 20.8. The average molecular weight is 426 g/mol. The van der Waals surface area contributed by atoms with E-state index in [0.717, 1.165) is 12.8 Å². The predicted octanol–water partition coefficient (Wildman–Crippen LogP) is 2.51. The molecule has 0 bridgehead atoms. The van der Waals surface area contributed by atoms with Crippen molar-refractivity contribution in [2.75, 3.05) is 41.4 Å². The van der Waals surface area contributed by atoms with Crippen molar-refractivity contribution < 1.29 is 23.5 Å². The number of fused-ring (bicyclic) bond motifs is 1. The lowest BCUT2D eigenvalue weighted by atomic mass is 10.1. The summed E-state index contributed by atoms with van der Waals surface area (Å²) in [7, 11) is 0. The van der Waals surface area contributed by atoms with Crippen LogP contribution in [0.1, 0.15) is 12.8 Å². The van der Waals surface area contributed by atoms with E-state index >= 15 is 0 Å². The number of benzene rings is 2. The molecular formula is C22H23FN4O4. The summed E-state index contributed by atoms with van der Waals surface area (Å²) in [5.74, 6) is -1.08. The van der Waals surface area contributed by atoms with Crippen LogP contribution in [0.2, 0.25) is 0 Å². The molecule has 2 N–H and O–H groups in total. The quantitative estimate of drug-likeness (QED) is 0.769. The van der Waals surface area contributed by atoms with Gasteiger partial charge in [-0.1, -0.05) is 12.1 Å². The Labute approximate surface area is 179 Å². The first-order valence-electron chi connectivity index (χ1n) is 10.1. The third kappa shape index (κ3) is 4.83. The molecule has 4 rings (SSSR count). The third-order valence-corrected chi connectivity index (χ3v) is 5.25. The maximum atomic E-state index is 13.1. The van der Waals surface area contributed by atoms with Gasteiger partial charge in [-0.25, -0.2) is 9.18 Å². The van der Waals surface area contributed by atoms with Crippen molar-refractivity contribution in [2.24, 2.45) is 0 Å². The fourth-order valence-corrected chi connectivity index (χ4v) is 3.67. The average Bonchev–Trinajstić information content (AvgIpc) is 3.29. The van der Waals surface area contributed by atoms with Gasteiger partial charge in [0.05, 0.1) is 17.5 Å². The predicted molar refractivity (Wildman–Crippen MR) is 114 cm³/mol. The third-order valence-electron chi connectivity index (χ3n) is 5.25.